The zero-order valence-corrected chi connectivity index (χ0v) is 11.9. The second-order valence-corrected chi connectivity index (χ2v) is 5.04. The average Bonchev–Trinajstić information content (AvgIpc) is 2.31. The Morgan fingerprint density at radius 2 is 2.00 bits per heavy atom. The van der Waals surface area contributed by atoms with Crippen LogP contribution >= 0.6 is 0 Å². The maximum absolute atomic E-state index is 13.4. The van der Waals surface area contributed by atoms with Crippen LogP contribution < -0.4 is 5.32 Å². The van der Waals surface area contributed by atoms with Crippen molar-refractivity contribution in [2.45, 2.75) is 32.9 Å². The van der Waals surface area contributed by atoms with Crippen LogP contribution in [0.25, 0.3) is 0 Å². The van der Waals surface area contributed by atoms with Crippen molar-refractivity contribution in [1.29, 1.82) is 0 Å². The van der Waals surface area contributed by atoms with Crippen molar-refractivity contribution >= 4 is 11.6 Å². The predicted molar refractivity (Wildman–Crippen MR) is 73.4 cm³/mol. The number of halogens is 2. The number of anilines is 1. The molecule has 0 aliphatic carbocycles. The van der Waals surface area contributed by atoms with Gasteiger partial charge in [0.2, 0.25) is 5.91 Å². The first kappa shape index (κ1) is 16.5. The van der Waals surface area contributed by atoms with Crippen LogP contribution in [0.15, 0.2) is 18.2 Å². The minimum atomic E-state index is -0.815. The number of aliphatic hydroxyl groups excluding tert-OH is 1. The molecule has 1 amide bonds. The largest absolute Gasteiger partial charge is 0.392 e. The number of rotatable bonds is 6. The van der Waals surface area contributed by atoms with Gasteiger partial charge in [0.25, 0.3) is 0 Å². The van der Waals surface area contributed by atoms with Gasteiger partial charge in [-0.1, -0.05) is 0 Å². The van der Waals surface area contributed by atoms with E-state index < -0.39 is 23.6 Å². The van der Waals surface area contributed by atoms with Gasteiger partial charge >= 0.3 is 0 Å². The quantitative estimate of drug-likeness (QED) is 0.841. The van der Waals surface area contributed by atoms with E-state index in [2.05, 4.69) is 5.32 Å². The summed E-state index contributed by atoms with van der Waals surface area (Å²) in [6.07, 6.45) is -0.562. The first-order chi connectivity index (χ1) is 9.29. The summed E-state index contributed by atoms with van der Waals surface area (Å²) in [4.78, 5) is 13.6. The molecule has 4 nitrogen and oxygen atoms in total. The highest BCUT2D eigenvalue weighted by Gasteiger charge is 2.17. The summed E-state index contributed by atoms with van der Waals surface area (Å²) in [5.74, 6) is -1.92. The standard InChI is InChI=1S/C14H20F2N2O2/c1-9(2)18(7-10(3)19)8-14(20)17-13-5-4-11(15)6-12(13)16/h4-6,9-10,19H,7-8H2,1-3H3,(H,17,20). The summed E-state index contributed by atoms with van der Waals surface area (Å²) in [7, 11) is 0. The molecule has 1 atom stereocenters. The van der Waals surface area contributed by atoms with E-state index in [0.717, 1.165) is 6.07 Å². The topological polar surface area (TPSA) is 52.6 Å². The van der Waals surface area contributed by atoms with Crippen molar-refractivity contribution in [3.63, 3.8) is 0 Å². The fraction of sp³-hybridized carbons (Fsp3) is 0.500. The summed E-state index contributed by atoms with van der Waals surface area (Å²) in [6.45, 7) is 5.80. The Morgan fingerprint density at radius 3 is 2.50 bits per heavy atom. The van der Waals surface area contributed by atoms with Crippen LogP contribution in [-0.2, 0) is 4.79 Å². The second kappa shape index (κ2) is 7.31. The molecule has 0 saturated heterocycles. The minimum absolute atomic E-state index is 0.0272. The van der Waals surface area contributed by atoms with Gasteiger partial charge in [0.1, 0.15) is 11.6 Å². The van der Waals surface area contributed by atoms with Gasteiger partial charge in [-0.15, -0.1) is 0 Å². The Labute approximate surface area is 117 Å². The lowest BCUT2D eigenvalue weighted by molar-refractivity contribution is -0.118. The minimum Gasteiger partial charge on any atom is -0.392 e. The number of hydrogen-bond acceptors (Lipinski definition) is 3. The van der Waals surface area contributed by atoms with E-state index in [-0.39, 0.29) is 18.3 Å². The monoisotopic (exact) mass is 286 g/mol. The molecule has 6 heteroatoms. The van der Waals surface area contributed by atoms with Gasteiger partial charge < -0.3 is 10.4 Å². The molecule has 1 unspecified atom stereocenters. The highest BCUT2D eigenvalue weighted by atomic mass is 19.1. The van der Waals surface area contributed by atoms with Gasteiger partial charge in [0.05, 0.1) is 18.3 Å². The van der Waals surface area contributed by atoms with Crippen molar-refractivity contribution in [3.8, 4) is 0 Å². The molecule has 0 bridgehead atoms. The first-order valence-electron chi connectivity index (χ1n) is 6.46. The molecule has 20 heavy (non-hydrogen) atoms. The van der Waals surface area contributed by atoms with E-state index >= 15 is 0 Å². The Kier molecular flexibility index (Phi) is 6.04. The highest BCUT2D eigenvalue weighted by molar-refractivity contribution is 5.92. The summed E-state index contributed by atoms with van der Waals surface area (Å²) < 4.78 is 26.2. The third-order valence-electron chi connectivity index (χ3n) is 2.78. The molecule has 112 valence electrons. The molecule has 0 heterocycles. The molecule has 1 rings (SSSR count). The summed E-state index contributed by atoms with van der Waals surface area (Å²) in [6, 6.07) is 3.03. The normalized spacial score (nSPS) is 12.8. The molecular formula is C14H20F2N2O2. The van der Waals surface area contributed by atoms with Gasteiger partial charge in [0.15, 0.2) is 0 Å². The fourth-order valence-corrected chi connectivity index (χ4v) is 1.76. The number of aliphatic hydroxyl groups is 1. The number of benzene rings is 1. The lowest BCUT2D eigenvalue weighted by atomic mass is 10.2. The van der Waals surface area contributed by atoms with E-state index in [1.807, 2.05) is 13.8 Å². The summed E-state index contributed by atoms with van der Waals surface area (Å²) in [5, 5.41) is 11.8. The van der Waals surface area contributed by atoms with Gasteiger partial charge in [-0.05, 0) is 32.9 Å². The molecule has 1 aromatic rings. The van der Waals surface area contributed by atoms with Gasteiger partial charge in [-0.2, -0.15) is 0 Å². The Bertz CT molecular complexity index is 464. The van der Waals surface area contributed by atoms with Crippen LogP contribution in [0.5, 0.6) is 0 Å². The van der Waals surface area contributed by atoms with Crippen LogP contribution in [0, 0.1) is 11.6 Å². The average molecular weight is 286 g/mol. The summed E-state index contributed by atoms with van der Waals surface area (Å²) in [5.41, 5.74) is -0.0582. The Hall–Kier alpha value is -1.53. The van der Waals surface area contributed by atoms with Crippen LogP contribution in [0.3, 0.4) is 0 Å². The van der Waals surface area contributed by atoms with Gasteiger partial charge in [-0.25, -0.2) is 8.78 Å². The molecule has 0 aliphatic heterocycles. The van der Waals surface area contributed by atoms with Crippen molar-refractivity contribution < 1.29 is 18.7 Å². The van der Waals surface area contributed by atoms with Crippen molar-refractivity contribution in [2.75, 3.05) is 18.4 Å². The van der Waals surface area contributed by atoms with Gasteiger partial charge in [0, 0.05) is 18.7 Å². The molecule has 0 spiro atoms. The molecule has 0 aromatic heterocycles. The number of carbonyl (C=O) groups excluding carboxylic acids is 1. The van der Waals surface area contributed by atoms with E-state index in [1.165, 1.54) is 6.07 Å². The van der Waals surface area contributed by atoms with Crippen molar-refractivity contribution in [2.24, 2.45) is 0 Å². The van der Waals surface area contributed by atoms with Crippen molar-refractivity contribution in [1.82, 2.24) is 4.90 Å². The van der Waals surface area contributed by atoms with Crippen LogP contribution in [0.2, 0.25) is 0 Å². The van der Waals surface area contributed by atoms with E-state index in [0.29, 0.717) is 12.6 Å². The van der Waals surface area contributed by atoms with E-state index in [1.54, 1.807) is 11.8 Å². The third-order valence-corrected chi connectivity index (χ3v) is 2.78. The molecule has 0 fully saturated rings. The molecule has 0 saturated carbocycles. The van der Waals surface area contributed by atoms with Gasteiger partial charge in [-0.3, -0.25) is 9.69 Å². The lowest BCUT2D eigenvalue weighted by Gasteiger charge is -2.26. The Morgan fingerprint density at radius 1 is 1.35 bits per heavy atom. The molecule has 0 aliphatic rings. The molecular weight excluding hydrogens is 266 g/mol. The maximum atomic E-state index is 13.4. The second-order valence-electron chi connectivity index (χ2n) is 5.04. The third kappa shape index (κ3) is 5.22. The SMILES string of the molecule is CC(O)CN(CC(=O)Nc1ccc(F)cc1F)C(C)C. The smallest absolute Gasteiger partial charge is 0.238 e. The van der Waals surface area contributed by atoms with Crippen LogP contribution in [-0.4, -0.2) is 41.1 Å². The molecule has 2 N–H and O–H groups in total. The highest BCUT2D eigenvalue weighted by Crippen LogP contribution is 2.15. The zero-order valence-electron chi connectivity index (χ0n) is 11.9. The fourth-order valence-electron chi connectivity index (χ4n) is 1.76. The zero-order chi connectivity index (χ0) is 15.3. The molecule has 0 radical (unpaired) electrons. The molecule has 1 aromatic carbocycles. The number of hydrogen-bond donors (Lipinski definition) is 2. The van der Waals surface area contributed by atoms with E-state index in [9.17, 15) is 18.7 Å². The van der Waals surface area contributed by atoms with Crippen molar-refractivity contribution in [3.05, 3.63) is 29.8 Å². The lowest BCUT2D eigenvalue weighted by Crippen LogP contribution is -2.41. The van der Waals surface area contributed by atoms with Crippen LogP contribution in [0.4, 0.5) is 14.5 Å². The number of amides is 1. The first-order valence-corrected chi connectivity index (χ1v) is 6.46. The van der Waals surface area contributed by atoms with E-state index in [4.69, 9.17) is 0 Å². The number of nitrogens with zero attached hydrogens (tertiary/aromatic N) is 1. The van der Waals surface area contributed by atoms with Crippen LogP contribution in [0.1, 0.15) is 20.8 Å². The number of carbonyl (C=O) groups is 1. The maximum Gasteiger partial charge on any atom is 0.238 e. The predicted octanol–water partition coefficient (Wildman–Crippen LogP) is 1.99. The number of nitrogens with one attached hydrogen (secondary N) is 1. The Balaban J connectivity index is 2.65. The summed E-state index contributed by atoms with van der Waals surface area (Å²) >= 11 is 0.